The highest BCUT2D eigenvalue weighted by Gasteiger charge is 2.19. The molecule has 0 bridgehead atoms. The highest BCUT2D eigenvalue weighted by atomic mass is 16.5. The summed E-state index contributed by atoms with van der Waals surface area (Å²) in [4.78, 5) is 26.1. The molecule has 2 heterocycles. The summed E-state index contributed by atoms with van der Waals surface area (Å²) in [5.41, 5.74) is 1.09. The predicted molar refractivity (Wildman–Crippen MR) is 107 cm³/mol. The molecule has 7 nitrogen and oxygen atoms in total. The van der Waals surface area contributed by atoms with Crippen molar-refractivity contribution in [2.45, 2.75) is 20.8 Å². The van der Waals surface area contributed by atoms with Gasteiger partial charge in [0.2, 0.25) is 0 Å². The number of aromatic nitrogens is 2. The summed E-state index contributed by atoms with van der Waals surface area (Å²) in [5.74, 6) is 1.96. The molecule has 1 aliphatic rings. The minimum Gasteiger partial charge on any atom is -0.494 e. The monoisotopic (exact) mass is 369 g/mol. The second-order valence-electron chi connectivity index (χ2n) is 6.49. The molecule has 1 N–H and O–H groups in total. The molecular formula is C20H27N5O2. The maximum absolute atomic E-state index is 12.7. The number of nitrogens with one attached hydrogen (secondary N) is 1. The number of benzene rings is 1. The van der Waals surface area contributed by atoms with Crippen LogP contribution in [-0.2, 0) is 0 Å². The molecule has 1 aromatic carbocycles. The summed E-state index contributed by atoms with van der Waals surface area (Å²) >= 11 is 0. The average molecular weight is 369 g/mol. The highest BCUT2D eigenvalue weighted by Crippen LogP contribution is 2.18. The van der Waals surface area contributed by atoms with Crippen molar-refractivity contribution in [1.82, 2.24) is 14.9 Å². The van der Waals surface area contributed by atoms with E-state index in [2.05, 4.69) is 32.0 Å². The van der Waals surface area contributed by atoms with Gasteiger partial charge < -0.3 is 19.9 Å². The Morgan fingerprint density at radius 3 is 2.44 bits per heavy atom. The van der Waals surface area contributed by atoms with E-state index in [0.717, 1.165) is 44.3 Å². The molecule has 1 fully saturated rings. The Morgan fingerprint density at radius 1 is 1.11 bits per heavy atom. The molecule has 0 saturated carbocycles. The van der Waals surface area contributed by atoms with E-state index in [4.69, 9.17) is 4.74 Å². The summed E-state index contributed by atoms with van der Waals surface area (Å²) in [6, 6.07) is 9.09. The highest BCUT2D eigenvalue weighted by molar-refractivity contribution is 6.03. The molecule has 0 spiro atoms. The van der Waals surface area contributed by atoms with Crippen LogP contribution in [0.4, 0.5) is 11.5 Å². The quantitative estimate of drug-likeness (QED) is 0.844. The maximum Gasteiger partial charge on any atom is 0.274 e. The number of ether oxygens (including phenoxy) is 1. The minimum atomic E-state index is -0.238. The van der Waals surface area contributed by atoms with Crippen molar-refractivity contribution < 1.29 is 9.53 Å². The molecule has 27 heavy (non-hydrogen) atoms. The molecule has 0 atom stereocenters. The second-order valence-corrected chi connectivity index (χ2v) is 6.49. The van der Waals surface area contributed by atoms with Gasteiger partial charge in [-0.15, -0.1) is 0 Å². The largest absolute Gasteiger partial charge is 0.494 e. The van der Waals surface area contributed by atoms with Crippen LogP contribution in [0.1, 0.15) is 30.2 Å². The van der Waals surface area contributed by atoms with Gasteiger partial charge in [0.15, 0.2) is 0 Å². The van der Waals surface area contributed by atoms with Crippen LogP contribution in [0.3, 0.4) is 0 Å². The van der Waals surface area contributed by atoms with E-state index >= 15 is 0 Å². The van der Waals surface area contributed by atoms with Gasteiger partial charge >= 0.3 is 0 Å². The van der Waals surface area contributed by atoms with Crippen molar-refractivity contribution >= 4 is 17.4 Å². The van der Waals surface area contributed by atoms with Gasteiger partial charge in [0.1, 0.15) is 23.1 Å². The van der Waals surface area contributed by atoms with Gasteiger partial charge in [-0.2, -0.15) is 0 Å². The average Bonchev–Trinajstić information content (AvgIpc) is 2.69. The first-order valence-corrected chi connectivity index (χ1v) is 9.46. The van der Waals surface area contributed by atoms with Gasteiger partial charge in [0.05, 0.1) is 6.61 Å². The molecule has 1 amide bonds. The topological polar surface area (TPSA) is 70.6 Å². The molecule has 1 aromatic heterocycles. The third-order valence-corrected chi connectivity index (χ3v) is 4.62. The number of carbonyl (C=O) groups is 1. The number of amides is 1. The Hall–Kier alpha value is -2.67. The lowest BCUT2D eigenvalue weighted by molar-refractivity contribution is 0.102. The van der Waals surface area contributed by atoms with E-state index in [-0.39, 0.29) is 5.91 Å². The lowest BCUT2D eigenvalue weighted by Crippen LogP contribution is -2.46. The molecule has 0 radical (unpaired) electrons. The number of carbonyl (C=O) groups excluding carboxylic acids is 1. The zero-order chi connectivity index (χ0) is 19.2. The second kappa shape index (κ2) is 8.81. The molecule has 1 aliphatic heterocycles. The van der Waals surface area contributed by atoms with Crippen LogP contribution in [-0.4, -0.2) is 60.1 Å². The third kappa shape index (κ3) is 4.95. The summed E-state index contributed by atoms with van der Waals surface area (Å²) in [7, 11) is 0. The van der Waals surface area contributed by atoms with Gasteiger partial charge in [0, 0.05) is 37.9 Å². The van der Waals surface area contributed by atoms with E-state index in [9.17, 15) is 4.79 Å². The van der Waals surface area contributed by atoms with Crippen molar-refractivity contribution in [3.63, 3.8) is 0 Å². The lowest BCUT2D eigenvalue weighted by atomic mass is 10.2. The van der Waals surface area contributed by atoms with Crippen LogP contribution < -0.4 is 15.0 Å². The normalized spacial score (nSPS) is 14.9. The number of hydrogen-bond acceptors (Lipinski definition) is 6. The first kappa shape index (κ1) is 19.1. The SMILES string of the molecule is CCOc1ccc(NC(=O)c2cc(N3CCN(CC)CC3)nc(C)n2)cc1. The van der Waals surface area contributed by atoms with Crippen LogP contribution in [0.2, 0.25) is 0 Å². The number of aryl methyl sites for hydroxylation is 1. The van der Waals surface area contributed by atoms with Gasteiger partial charge in [-0.25, -0.2) is 9.97 Å². The number of nitrogens with zero attached hydrogens (tertiary/aromatic N) is 4. The summed E-state index contributed by atoms with van der Waals surface area (Å²) < 4.78 is 5.42. The Kier molecular flexibility index (Phi) is 6.24. The van der Waals surface area contributed by atoms with E-state index < -0.39 is 0 Å². The number of likely N-dealkylation sites (N-methyl/N-ethyl adjacent to an activating group) is 1. The fourth-order valence-corrected chi connectivity index (χ4v) is 3.12. The first-order chi connectivity index (χ1) is 13.1. The van der Waals surface area contributed by atoms with E-state index in [1.54, 1.807) is 6.07 Å². The van der Waals surface area contributed by atoms with Crippen molar-refractivity contribution in [3.8, 4) is 5.75 Å². The van der Waals surface area contributed by atoms with Crippen molar-refractivity contribution in [1.29, 1.82) is 0 Å². The number of hydrogen-bond donors (Lipinski definition) is 1. The predicted octanol–water partition coefficient (Wildman–Crippen LogP) is 2.58. The molecule has 144 valence electrons. The van der Waals surface area contributed by atoms with Gasteiger partial charge in [-0.1, -0.05) is 6.92 Å². The van der Waals surface area contributed by atoms with Crippen molar-refractivity contribution in [3.05, 3.63) is 41.9 Å². The van der Waals surface area contributed by atoms with Gasteiger partial charge in [-0.05, 0) is 44.7 Å². The minimum absolute atomic E-state index is 0.238. The van der Waals surface area contributed by atoms with Crippen LogP contribution in [0.15, 0.2) is 30.3 Å². The van der Waals surface area contributed by atoms with Crippen LogP contribution >= 0.6 is 0 Å². The van der Waals surface area contributed by atoms with Crippen LogP contribution in [0.5, 0.6) is 5.75 Å². The van der Waals surface area contributed by atoms with Crippen molar-refractivity contribution in [2.24, 2.45) is 0 Å². The van der Waals surface area contributed by atoms with E-state index in [0.29, 0.717) is 23.8 Å². The molecule has 1 saturated heterocycles. The molecule has 0 unspecified atom stereocenters. The fourth-order valence-electron chi connectivity index (χ4n) is 3.12. The standard InChI is InChI=1S/C20H27N5O2/c1-4-24-10-12-25(13-11-24)19-14-18(21-15(3)22-19)20(26)23-16-6-8-17(9-7-16)27-5-2/h6-9,14H,4-5,10-13H2,1-3H3,(H,23,26). The van der Waals surface area contributed by atoms with Gasteiger partial charge in [-0.3, -0.25) is 4.79 Å². The number of anilines is 2. The molecule has 0 aliphatic carbocycles. The van der Waals surface area contributed by atoms with E-state index in [1.165, 1.54) is 0 Å². The Bertz CT molecular complexity index is 770. The molecular weight excluding hydrogens is 342 g/mol. The Balaban J connectivity index is 1.70. The lowest BCUT2D eigenvalue weighted by Gasteiger charge is -2.34. The van der Waals surface area contributed by atoms with Crippen LogP contribution in [0, 0.1) is 6.92 Å². The van der Waals surface area contributed by atoms with E-state index in [1.807, 2.05) is 38.1 Å². The first-order valence-electron chi connectivity index (χ1n) is 9.46. The molecule has 2 aromatic rings. The van der Waals surface area contributed by atoms with Gasteiger partial charge in [0.25, 0.3) is 5.91 Å². The van der Waals surface area contributed by atoms with Crippen molar-refractivity contribution in [2.75, 3.05) is 49.5 Å². The Morgan fingerprint density at radius 2 is 1.81 bits per heavy atom. The zero-order valence-corrected chi connectivity index (χ0v) is 16.2. The number of rotatable bonds is 6. The molecule has 3 rings (SSSR count). The smallest absolute Gasteiger partial charge is 0.274 e. The summed E-state index contributed by atoms with van der Waals surface area (Å²) in [6.07, 6.45) is 0. The summed E-state index contributed by atoms with van der Waals surface area (Å²) in [6.45, 7) is 11.4. The Labute approximate surface area is 160 Å². The summed E-state index contributed by atoms with van der Waals surface area (Å²) in [5, 5.41) is 2.89. The third-order valence-electron chi connectivity index (χ3n) is 4.62. The zero-order valence-electron chi connectivity index (χ0n) is 16.2. The fraction of sp³-hybridized carbons (Fsp3) is 0.450. The molecule has 7 heteroatoms. The maximum atomic E-state index is 12.7. The van der Waals surface area contributed by atoms with Crippen LogP contribution in [0.25, 0.3) is 0 Å². The number of piperazine rings is 1.